The van der Waals surface area contributed by atoms with Crippen molar-refractivity contribution in [3.05, 3.63) is 43.0 Å². The topological polar surface area (TPSA) is 39.9 Å². The van der Waals surface area contributed by atoms with E-state index in [0.717, 1.165) is 31.7 Å². The number of para-hydroxylation sites is 1. The summed E-state index contributed by atoms with van der Waals surface area (Å²) in [5.74, 6) is 0.934. The van der Waals surface area contributed by atoms with Gasteiger partial charge < -0.3 is 4.74 Å². The van der Waals surface area contributed by atoms with Crippen LogP contribution in [0.1, 0.15) is 12.8 Å². The van der Waals surface area contributed by atoms with Crippen LogP contribution in [-0.2, 0) is 6.54 Å². The molecule has 0 aliphatic carbocycles. The first-order valence-electron chi connectivity index (χ1n) is 5.45. The maximum atomic E-state index is 5.58. The molecule has 1 aromatic carbocycles. The summed E-state index contributed by atoms with van der Waals surface area (Å²) in [5.41, 5.74) is 0. The lowest BCUT2D eigenvalue weighted by molar-refractivity contribution is 0.302. The lowest BCUT2D eigenvalue weighted by Crippen LogP contribution is -2.02. The second-order valence-corrected chi connectivity index (χ2v) is 3.53. The summed E-state index contributed by atoms with van der Waals surface area (Å²) in [5, 5.41) is 4.04. The molecule has 4 nitrogen and oxygen atoms in total. The molecule has 2 aromatic rings. The van der Waals surface area contributed by atoms with Gasteiger partial charge in [-0.15, -0.1) is 0 Å². The summed E-state index contributed by atoms with van der Waals surface area (Å²) < 4.78 is 7.42. The molecule has 0 spiro atoms. The van der Waals surface area contributed by atoms with E-state index in [1.165, 1.54) is 0 Å². The van der Waals surface area contributed by atoms with Gasteiger partial charge in [-0.05, 0) is 25.0 Å². The first-order valence-corrected chi connectivity index (χ1v) is 5.45. The van der Waals surface area contributed by atoms with Crippen LogP contribution in [0, 0.1) is 0 Å². The molecule has 0 amide bonds. The molecule has 0 aliphatic rings. The molecule has 0 N–H and O–H groups in total. The number of aromatic nitrogens is 3. The average molecular weight is 217 g/mol. The first-order chi connectivity index (χ1) is 7.95. The van der Waals surface area contributed by atoms with Crippen LogP contribution < -0.4 is 4.74 Å². The van der Waals surface area contributed by atoms with Crippen LogP contribution >= 0.6 is 0 Å². The number of benzene rings is 1. The quantitative estimate of drug-likeness (QED) is 0.696. The molecular weight excluding hydrogens is 202 g/mol. The van der Waals surface area contributed by atoms with E-state index in [0.29, 0.717) is 0 Å². The van der Waals surface area contributed by atoms with Gasteiger partial charge in [-0.2, -0.15) is 5.10 Å². The molecule has 0 bridgehead atoms. The third-order valence-electron chi connectivity index (χ3n) is 2.26. The van der Waals surface area contributed by atoms with E-state index in [9.17, 15) is 0 Å². The Balaban J connectivity index is 1.59. The molecule has 0 unspecified atom stereocenters. The van der Waals surface area contributed by atoms with Gasteiger partial charge in [0.05, 0.1) is 6.61 Å². The number of hydrogen-bond acceptors (Lipinski definition) is 3. The van der Waals surface area contributed by atoms with Crippen molar-refractivity contribution in [2.45, 2.75) is 19.4 Å². The van der Waals surface area contributed by atoms with E-state index in [1.54, 1.807) is 12.7 Å². The van der Waals surface area contributed by atoms with Crippen LogP contribution in [0.5, 0.6) is 5.75 Å². The van der Waals surface area contributed by atoms with Gasteiger partial charge in [-0.3, -0.25) is 4.68 Å². The minimum absolute atomic E-state index is 0.749. The number of nitrogens with zero attached hydrogens (tertiary/aromatic N) is 3. The lowest BCUT2D eigenvalue weighted by Gasteiger charge is -2.05. The van der Waals surface area contributed by atoms with Crippen molar-refractivity contribution in [2.24, 2.45) is 0 Å². The fraction of sp³-hybridized carbons (Fsp3) is 0.333. The summed E-state index contributed by atoms with van der Waals surface area (Å²) in [7, 11) is 0. The Labute approximate surface area is 94.9 Å². The Morgan fingerprint density at radius 2 is 2.00 bits per heavy atom. The van der Waals surface area contributed by atoms with E-state index >= 15 is 0 Å². The highest BCUT2D eigenvalue weighted by molar-refractivity contribution is 5.20. The van der Waals surface area contributed by atoms with Crippen molar-refractivity contribution in [3.8, 4) is 5.75 Å². The van der Waals surface area contributed by atoms with E-state index in [4.69, 9.17) is 4.74 Å². The van der Waals surface area contributed by atoms with Crippen LogP contribution in [-0.4, -0.2) is 21.4 Å². The number of aryl methyl sites for hydroxylation is 1. The maximum absolute atomic E-state index is 5.58. The van der Waals surface area contributed by atoms with E-state index < -0.39 is 0 Å². The highest BCUT2D eigenvalue weighted by Gasteiger charge is 1.94. The standard InChI is InChI=1S/C12H15N3O/c1-2-6-12(7-3-1)16-9-5-4-8-15-11-13-10-14-15/h1-3,6-7,10-11H,4-5,8-9H2. The zero-order valence-corrected chi connectivity index (χ0v) is 9.12. The molecule has 16 heavy (non-hydrogen) atoms. The maximum Gasteiger partial charge on any atom is 0.137 e. The normalized spacial score (nSPS) is 10.2. The van der Waals surface area contributed by atoms with Gasteiger partial charge in [0.15, 0.2) is 0 Å². The third-order valence-corrected chi connectivity index (χ3v) is 2.26. The van der Waals surface area contributed by atoms with Gasteiger partial charge in [0.1, 0.15) is 18.4 Å². The Kier molecular flexibility index (Phi) is 3.94. The molecule has 2 rings (SSSR count). The van der Waals surface area contributed by atoms with E-state index in [2.05, 4.69) is 10.1 Å². The number of ether oxygens (including phenoxy) is 1. The van der Waals surface area contributed by atoms with Crippen molar-refractivity contribution >= 4 is 0 Å². The average Bonchev–Trinajstić information content (AvgIpc) is 2.83. The van der Waals surface area contributed by atoms with Crippen LogP contribution in [0.25, 0.3) is 0 Å². The summed E-state index contributed by atoms with van der Waals surface area (Å²) in [6.45, 7) is 1.65. The molecule has 1 aromatic heterocycles. The van der Waals surface area contributed by atoms with Crippen molar-refractivity contribution in [3.63, 3.8) is 0 Å². The summed E-state index contributed by atoms with van der Waals surface area (Å²) in [6, 6.07) is 9.88. The third kappa shape index (κ3) is 3.38. The van der Waals surface area contributed by atoms with Crippen molar-refractivity contribution in [1.29, 1.82) is 0 Å². The smallest absolute Gasteiger partial charge is 0.137 e. The lowest BCUT2D eigenvalue weighted by atomic mass is 10.3. The van der Waals surface area contributed by atoms with Crippen LogP contribution in [0.3, 0.4) is 0 Å². The highest BCUT2D eigenvalue weighted by Crippen LogP contribution is 2.08. The Bertz CT molecular complexity index is 386. The van der Waals surface area contributed by atoms with Crippen LogP contribution in [0.15, 0.2) is 43.0 Å². The Morgan fingerprint density at radius 1 is 1.12 bits per heavy atom. The number of rotatable bonds is 6. The first kappa shape index (κ1) is 10.7. The summed E-state index contributed by atoms with van der Waals surface area (Å²) in [4.78, 5) is 3.89. The molecule has 0 radical (unpaired) electrons. The molecule has 84 valence electrons. The van der Waals surface area contributed by atoms with Gasteiger partial charge in [0, 0.05) is 6.54 Å². The predicted molar refractivity (Wildman–Crippen MR) is 61.2 cm³/mol. The van der Waals surface area contributed by atoms with Gasteiger partial charge in [-0.1, -0.05) is 18.2 Å². The van der Waals surface area contributed by atoms with Crippen molar-refractivity contribution in [2.75, 3.05) is 6.61 Å². The van der Waals surface area contributed by atoms with Gasteiger partial charge in [0.2, 0.25) is 0 Å². The van der Waals surface area contributed by atoms with Gasteiger partial charge >= 0.3 is 0 Å². The number of hydrogen-bond donors (Lipinski definition) is 0. The fourth-order valence-corrected chi connectivity index (χ4v) is 1.43. The molecule has 0 aliphatic heterocycles. The molecule has 0 saturated carbocycles. The molecular formula is C12H15N3O. The van der Waals surface area contributed by atoms with E-state index in [-0.39, 0.29) is 0 Å². The molecule has 1 heterocycles. The van der Waals surface area contributed by atoms with Crippen molar-refractivity contribution in [1.82, 2.24) is 14.8 Å². The minimum Gasteiger partial charge on any atom is -0.494 e. The second-order valence-electron chi connectivity index (χ2n) is 3.53. The fourth-order valence-electron chi connectivity index (χ4n) is 1.43. The summed E-state index contributed by atoms with van der Waals surface area (Å²) >= 11 is 0. The largest absolute Gasteiger partial charge is 0.494 e. The minimum atomic E-state index is 0.749. The second kappa shape index (κ2) is 5.90. The molecule has 0 fully saturated rings. The Morgan fingerprint density at radius 3 is 2.75 bits per heavy atom. The highest BCUT2D eigenvalue weighted by atomic mass is 16.5. The molecule has 0 atom stereocenters. The predicted octanol–water partition coefficient (Wildman–Crippen LogP) is 2.14. The Hall–Kier alpha value is -1.84. The zero-order chi connectivity index (χ0) is 11.1. The SMILES string of the molecule is c1ccc(OCCCCn2cncn2)cc1. The summed E-state index contributed by atoms with van der Waals surface area (Å²) in [6.07, 6.45) is 5.36. The van der Waals surface area contributed by atoms with Gasteiger partial charge in [0.25, 0.3) is 0 Å². The van der Waals surface area contributed by atoms with Gasteiger partial charge in [-0.25, -0.2) is 4.98 Å². The van der Waals surface area contributed by atoms with E-state index in [1.807, 2.05) is 35.0 Å². The monoisotopic (exact) mass is 217 g/mol. The van der Waals surface area contributed by atoms with Crippen LogP contribution in [0.4, 0.5) is 0 Å². The molecule has 4 heteroatoms. The number of unbranched alkanes of at least 4 members (excludes halogenated alkanes) is 1. The zero-order valence-electron chi connectivity index (χ0n) is 9.12. The molecule has 0 saturated heterocycles. The van der Waals surface area contributed by atoms with Crippen LogP contribution in [0.2, 0.25) is 0 Å². The van der Waals surface area contributed by atoms with Crippen molar-refractivity contribution < 1.29 is 4.74 Å².